The van der Waals surface area contributed by atoms with Gasteiger partial charge in [-0.3, -0.25) is 0 Å². The van der Waals surface area contributed by atoms with Crippen molar-refractivity contribution in [2.45, 2.75) is 71.6 Å². The molecule has 1 unspecified atom stereocenters. The topological polar surface area (TPSA) is 59.6 Å². The van der Waals surface area contributed by atoms with Crippen molar-refractivity contribution >= 4 is 6.09 Å². The predicted octanol–water partition coefficient (Wildman–Crippen LogP) is 2.69. The van der Waals surface area contributed by atoms with Crippen LogP contribution in [0.5, 0.6) is 0 Å². The lowest BCUT2D eigenvalue weighted by Gasteiger charge is -2.27. The zero-order chi connectivity index (χ0) is 15.8. The summed E-state index contributed by atoms with van der Waals surface area (Å²) in [7, 11) is 1.92. The summed E-state index contributed by atoms with van der Waals surface area (Å²) in [6, 6.07) is -0.0302. The Balaban J connectivity index is 4.32. The maximum Gasteiger partial charge on any atom is 0.407 e. The maximum atomic E-state index is 11.8. The van der Waals surface area contributed by atoms with Crippen LogP contribution in [0.15, 0.2) is 0 Å². The summed E-state index contributed by atoms with van der Waals surface area (Å²) in [4.78, 5) is 11.8. The zero-order valence-corrected chi connectivity index (χ0v) is 14.1. The Morgan fingerprint density at radius 3 is 2.15 bits per heavy atom. The van der Waals surface area contributed by atoms with Gasteiger partial charge in [0.2, 0.25) is 0 Å². The molecule has 0 aromatic carbocycles. The van der Waals surface area contributed by atoms with Gasteiger partial charge in [0, 0.05) is 0 Å². The van der Waals surface area contributed by atoms with Gasteiger partial charge in [0.25, 0.3) is 0 Å². The Morgan fingerprint density at radius 2 is 1.70 bits per heavy atom. The van der Waals surface area contributed by atoms with Gasteiger partial charge in [-0.2, -0.15) is 0 Å². The van der Waals surface area contributed by atoms with Crippen molar-refractivity contribution in [3.05, 3.63) is 0 Å². The molecule has 0 aliphatic carbocycles. The first kappa shape index (κ1) is 19.2. The van der Waals surface area contributed by atoms with E-state index in [9.17, 15) is 4.79 Å². The van der Waals surface area contributed by atoms with Crippen LogP contribution in [0.4, 0.5) is 4.79 Å². The highest BCUT2D eigenvalue weighted by Gasteiger charge is 2.21. The van der Waals surface area contributed by atoms with Gasteiger partial charge < -0.3 is 20.1 Å². The molecule has 0 fully saturated rings. The monoisotopic (exact) mass is 288 g/mol. The molecular weight excluding hydrogens is 256 g/mol. The van der Waals surface area contributed by atoms with Crippen LogP contribution in [0.1, 0.15) is 54.4 Å². The average molecular weight is 288 g/mol. The number of carbonyl (C=O) groups excluding carboxylic acids is 1. The van der Waals surface area contributed by atoms with Crippen molar-refractivity contribution in [3.63, 3.8) is 0 Å². The van der Waals surface area contributed by atoms with Gasteiger partial charge >= 0.3 is 6.09 Å². The van der Waals surface area contributed by atoms with Crippen molar-refractivity contribution < 1.29 is 14.3 Å². The van der Waals surface area contributed by atoms with Gasteiger partial charge in [-0.25, -0.2) is 4.79 Å². The van der Waals surface area contributed by atoms with Gasteiger partial charge in [0.15, 0.2) is 0 Å². The molecule has 0 radical (unpaired) electrons. The number of carbonyl (C=O) groups is 1. The van der Waals surface area contributed by atoms with Crippen molar-refractivity contribution in [1.82, 2.24) is 10.6 Å². The van der Waals surface area contributed by atoms with E-state index in [2.05, 4.69) is 10.6 Å². The maximum absolute atomic E-state index is 11.8. The van der Waals surface area contributed by atoms with E-state index in [0.717, 1.165) is 19.4 Å². The van der Waals surface area contributed by atoms with Gasteiger partial charge in [-0.05, 0) is 68.0 Å². The minimum Gasteiger partial charge on any atom is -0.444 e. The molecule has 5 nitrogen and oxygen atoms in total. The number of nitrogens with one attached hydrogen (secondary N) is 2. The molecule has 0 aliphatic heterocycles. The molecule has 2 N–H and O–H groups in total. The highest BCUT2D eigenvalue weighted by atomic mass is 16.6. The fourth-order valence-corrected chi connectivity index (χ4v) is 1.55. The van der Waals surface area contributed by atoms with E-state index in [4.69, 9.17) is 9.47 Å². The molecule has 0 rings (SSSR count). The van der Waals surface area contributed by atoms with Crippen LogP contribution in [0.3, 0.4) is 0 Å². The van der Waals surface area contributed by atoms with Crippen LogP contribution in [0, 0.1) is 0 Å². The molecular formula is C15H32N2O3. The Labute approximate surface area is 123 Å². The van der Waals surface area contributed by atoms with Gasteiger partial charge in [-0.15, -0.1) is 0 Å². The third kappa shape index (κ3) is 12.2. The lowest BCUT2D eigenvalue weighted by molar-refractivity contribution is -0.0182. The highest BCUT2D eigenvalue weighted by molar-refractivity contribution is 5.68. The molecule has 0 aromatic heterocycles. The molecule has 0 aliphatic rings. The first-order valence-corrected chi connectivity index (χ1v) is 7.31. The lowest BCUT2D eigenvalue weighted by atomic mass is 10.1. The molecule has 0 saturated carbocycles. The highest BCUT2D eigenvalue weighted by Crippen LogP contribution is 2.11. The van der Waals surface area contributed by atoms with E-state index < -0.39 is 5.60 Å². The number of rotatable bonds is 7. The van der Waals surface area contributed by atoms with Gasteiger partial charge in [-0.1, -0.05) is 0 Å². The molecule has 120 valence electrons. The summed E-state index contributed by atoms with van der Waals surface area (Å²) in [6.07, 6.45) is 1.45. The number of ether oxygens (including phenoxy) is 2. The minimum atomic E-state index is -0.482. The SMILES string of the molecule is CNCCCC(COC(C)(C)C)NC(=O)OC(C)(C)C. The fourth-order valence-electron chi connectivity index (χ4n) is 1.55. The summed E-state index contributed by atoms with van der Waals surface area (Å²) in [5.74, 6) is 0. The number of hydrogen-bond donors (Lipinski definition) is 2. The molecule has 1 amide bonds. The Bertz CT molecular complexity index is 280. The first-order valence-electron chi connectivity index (χ1n) is 7.31. The van der Waals surface area contributed by atoms with Crippen molar-refractivity contribution in [2.24, 2.45) is 0 Å². The average Bonchev–Trinajstić information content (AvgIpc) is 2.22. The molecule has 20 heavy (non-hydrogen) atoms. The van der Waals surface area contributed by atoms with Crippen LogP contribution >= 0.6 is 0 Å². The second-order valence-corrected chi connectivity index (χ2v) is 7.01. The van der Waals surface area contributed by atoms with Crippen LogP contribution in [0.2, 0.25) is 0 Å². The van der Waals surface area contributed by atoms with E-state index in [1.807, 2.05) is 48.6 Å². The summed E-state index contributed by atoms with van der Waals surface area (Å²) in [5.41, 5.74) is -0.693. The number of hydrogen-bond acceptors (Lipinski definition) is 4. The van der Waals surface area contributed by atoms with E-state index in [-0.39, 0.29) is 17.7 Å². The third-order valence-corrected chi connectivity index (χ3v) is 2.42. The Hall–Kier alpha value is -0.810. The quantitative estimate of drug-likeness (QED) is 0.707. The Morgan fingerprint density at radius 1 is 1.10 bits per heavy atom. The molecule has 0 heterocycles. The van der Waals surface area contributed by atoms with E-state index >= 15 is 0 Å². The van der Waals surface area contributed by atoms with Gasteiger partial charge in [0.05, 0.1) is 18.2 Å². The number of amides is 1. The fraction of sp³-hybridized carbons (Fsp3) is 0.933. The minimum absolute atomic E-state index is 0.0302. The molecule has 0 spiro atoms. The van der Waals surface area contributed by atoms with Crippen LogP contribution in [-0.4, -0.2) is 43.5 Å². The lowest BCUT2D eigenvalue weighted by Crippen LogP contribution is -2.43. The van der Waals surface area contributed by atoms with Crippen molar-refractivity contribution in [1.29, 1.82) is 0 Å². The summed E-state index contributed by atoms with van der Waals surface area (Å²) < 4.78 is 11.0. The van der Waals surface area contributed by atoms with Crippen molar-refractivity contribution in [3.8, 4) is 0 Å². The summed E-state index contributed by atoms with van der Waals surface area (Å²) in [5, 5.41) is 5.99. The second kappa shape index (κ2) is 8.47. The Kier molecular flexibility index (Phi) is 8.13. The molecule has 0 saturated heterocycles. The zero-order valence-electron chi connectivity index (χ0n) is 14.1. The third-order valence-electron chi connectivity index (χ3n) is 2.42. The van der Waals surface area contributed by atoms with Crippen LogP contribution in [-0.2, 0) is 9.47 Å². The van der Waals surface area contributed by atoms with Crippen LogP contribution < -0.4 is 10.6 Å². The second-order valence-electron chi connectivity index (χ2n) is 7.01. The first-order chi connectivity index (χ1) is 9.03. The normalized spacial score (nSPS) is 13.9. The van der Waals surface area contributed by atoms with E-state index in [0.29, 0.717) is 6.61 Å². The summed E-state index contributed by atoms with van der Waals surface area (Å²) in [6.45, 7) is 13.0. The van der Waals surface area contributed by atoms with Gasteiger partial charge in [0.1, 0.15) is 5.60 Å². The van der Waals surface area contributed by atoms with Crippen LogP contribution in [0.25, 0.3) is 0 Å². The van der Waals surface area contributed by atoms with Crippen molar-refractivity contribution in [2.75, 3.05) is 20.2 Å². The predicted molar refractivity (Wildman–Crippen MR) is 82.0 cm³/mol. The van der Waals surface area contributed by atoms with E-state index in [1.165, 1.54) is 0 Å². The standard InChI is InChI=1S/C15H32N2O3/c1-14(2,3)19-11-12(9-8-10-16-7)17-13(18)20-15(4,5)6/h12,16H,8-11H2,1-7H3,(H,17,18). The number of alkyl carbamates (subject to hydrolysis) is 1. The molecule has 1 atom stereocenters. The van der Waals surface area contributed by atoms with E-state index in [1.54, 1.807) is 0 Å². The smallest absolute Gasteiger partial charge is 0.407 e. The molecule has 0 aromatic rings. The molecule has 0 bridgehead atoms. The largest absolute Gasteiger partial charge is 0.444 e. The molecule has 5 heteroatoms. The summed E-state index contributed by atoms with van der Waals surface area (Å²) >= 11 is 0.